The molecule has 0 bridgehead atoms. The van der Waals surface area contributed by atoms with Gasteiger partial charge in [0, 0.05) is 38.5 Å². The number of hydrogen-bond donors (Lipinski definition) is 7. The van der Waals surface area contributed by atoms with Gasteiger partial charge in [-0.2, -0.15) is 0 Å². The van der Waals surface area contributed by atoms with Gasteiger partial charge in [-0.25, -0.2) is 0 Å². The Morgan fingerprint density at radius 1 is 1.12 bits per heavy atom. The van der Waals surface area contributed by atoms with Gasteiger partial charge in [-0.15, -0.1) is 0 Å². The van der Waals surface area contributed by atoms with Crippen molar-refractivity contribution in [1.82, 2.24) is 5.32 Å². The minimum absolute atomic E-state index is 0.0188. The third-order valence-electron chi connectivity index (χ3n) is 8.26. The summed E-state index contributed by atoms with van der Waals surface area (Å²) in [6, 6.07) is -1.10. The number of carbonyl (C=O) groups is 1. The number of nitrogens with two attached hydrogens (primary N) is 1. The molecule has 0 saturated carbocycles. The number of ether oxygens (including phenoxy) is 4. The number of nitrogens with one attached hydrogen (secondary N) is 1. The Labute approximate surface area is 243 Å². The normalized spacial score (nSPS) is 38.9. The molecular weight excluding hydrogens is 536 g/mol. The molecule has 238 valence electrons. The van der Waals surface area contributed by atoms with Crippen molar-refractivity contribution in [3.63, 3.8) is 0 Å². The highest BCUT2D eigenvalue weighted by atomic mass is 16.7. The van der Waals surface area contributed by atoms with Crippen molar-refractivity contribution in [1.29, 1.82) is 0 Å². The Hall–Kier alpha value is -1.19. The molecule has 12 heteroatoms. The van der Waals surface area contributed by atoms with E-state index in [1.807, 2.05) is 33.8 Å². The van der Waals surface area contributed by atoms with E-state index in [1.165, 1.54) is 0 Å². The van der Waals surface area contributed by atoms with E-state index in [9.17, 15) is 30.3 Å². The van der Waals surface area contributed by atoms with Crippen LogP contribution in [0.4, 0.5) is 0 Å². The van der Waals surface area contributed by atoms with Crippen molar-refractivity contribution in [2.24, 2.45) is 23.5 Å². The minimum atomic E-state index is -1.88. The van der Waals surface area contributed by atoms with Crippen molar-refractivity contribution in [3.8, 4) is 0 Å². The molecule has 12 nitrogen and oxygen atoms in total. The first kappa shape index (κ1) is 34.3. The van der Waals surface area contributed by atoms with Gasteiger partial charge in [-0.3, -0.25) is 4.79 Å². The van der Waals surface area contributed by atoms with E-state index in [4.69, 9.17) is 24.7 Å². The van der Waals surface area contributed by atoms with Crippen molar-refractivity contribution in [2.75, 3.05) is 13.2 Å². The Morgan fingerprint density at radius 3 is 2.39 bits per heavy atom. The highest BCUT2D eigenvalue weighted by molar-refractivity contribution is 5.80. The second kappa shape index (κ2) is 15.0. The number of rotatable bonds is 11. The van der Waals surface area contributed by atoms with Crippen LogP contribution >= 0.6 is 0 Å². The molecule has 3 aliphatic heterocycles. The largest absolute Gasteiger partial charge is 0.393 e. The van der Waals surface area contributed by atoms with Crippen LogP contribution in [0.25, 0.3) is 0 Å². The van der Waals surface area contributed by atoms with E-state index in [2.05, 4.69) is 5.32 Å². The van der Waals surface area contributed by atoms with Gasteiger partial charge in [0.2, 0.25) is 5.91 Å². The maximum absolute atomic E-state index is 13.5. The third-order valence-corrected chi connectivity index (χ3v) is 8.26. The van der Waals surface area contributed by atoms with E-state index in [1.54, 1.807) is 13.0 Å². The molecule has 8 N–H and O–H groups in total. The predicted octanol–water partition coefficient (Wildman–Crippen LogP) is -0.0754. The zero-order chi connectivity index (χ0) is 30.5. The van der Waals surface area contributed by atoms with Crippen molar-refractivity contribution in [3.05, 3.63) is 12.2 Å². The molecule has 11 atom stereocenters. The topological polar surface area (TPSA) is 193 Å². The molecule has 0 aromatic carbocycles. The molecule has 3 aliphatic rings. The predicted molar refractivity (Wildman–Crippen MR) is 149 cm³/mol. The lowest BCUT2D eigenvalue weighted by Gasteiger charge is -2.46. The van der Waals surface area contributed by atoms with Crippen LogP contribution in [-0.4, -0.2) is 112 Å². The average molecular weight is 589 g/mol. The second-order valence-corrected chi connectivity index (χ2v) is 12.6. The fourth-order valence-corrected chi connectivity index (χ4v) is 5.58. The van der Waals surface area contributed by atoms with Gasteiger partial charge >= 0.3 is 0 Å². The first-order valence-electron chi connectivity index (χ1n) is 15.0. The fourth-order valence-electron chi connectivity index (χ4n) is 5.58. The molecule has 0 aromatic heterocycles. The monoisotopic (exact) mass is 588 g/mol. The lowest BCUT2D eigenvalue weighted by molar-refractivity contribution is -0.307. The molecule has 3 saturated heterocycles. The quantitative estimate of drug-likeness (QED) is 0.160. The van der Waals surface area contributed by atoms with Gasteiger partial charge in [-0.05, 0) is 31.6 Å². The first-order valence-corrected chi connectivity index (χ1v) is 15.0. The molecule has 0 aromatic rings. The van der Waals surface area contributed by atoms with Gasteiger partial charge in [0.1, 0.15) is 6.10 Å². The summed E-state index contributed by atoms with van der Waals surface area (Å²) in [6.45, 7) is 10.3. The molecule has 41 heavy (non-hydrogen) atoms. The smallest absolute Gasteiger partial charge is 0.228 e. The number of aliphatic hydroxyl groups excluding tert-OH is 4. The summed E-state index contributed by atoms with van der Waals surface area (Å²) in [5, 5.41) is 57.1. The second-order valence-electron chi connectivity index (χ2n) is 12.6. The van der Waals surface area contributed by atoms with Crippen molar-refractivity contribution < 1.29 is 49.3 Å². The number of hydrogen-bond acceptors (Lipinski definition) is 11. The van der Waals surface area contributed by atoms with Gasteiger partial charge in [0.05, 0.1) is 48.6 Å². The average Bonchev–Trinajstić information content (AvgIpc) is 2.88. The first-order chi connectivity index (χ1) is 19.2. The summed E-state index contributed by atoms with van der Waals surface area (Å²) in [4.78, 5) is 13.5. The molecule has 1 amide bonds. The summed E-state index contributed by atoms with van der Waals surface area (Å²) in [5.74, 6) is -3.33. The third kappa shape index (κ3) is 9.40. The van der Waals surface area contributed by atoms with E-state index in [0.29, 0.717) is 26.1 Å². The van der Waals surface area contributed by atoms with Crippen LogP contribution in [0.2, 0.25) is 0 Å². The van der Waals surface area contributed by atoms with Gasteiger partial charge in [0.25, 0.3) is 0 Å². The molecule has 0 spiro atoms. The molecule has 5 unspecified atom stereocenters. The molecule has 3 fully saturated rings. The van der Waals surface area contributed by atoms with Gasteiger partial charge < -0.3 is 55.5 Å². The Morgan fingerprint density at radius 2 is 1.78 bits per heavy atom. The van der Waals surface area contributed by atoms with Crippen molar-refractivity contribution >= 4 is 5.91 Å². The standard InChI is InChI=1S/C29H52N2O10/c1-15(2)6-7-19(40-28-26(35)24(30)25(34)17(5)39-28)12-22-23(27(36)31-18-8-10-38-11-9-18)21(33)14-29(37,41-22)13-20(32)16(3)4/h6-7,15-26,28,32-35,37H,8-14,30H2,1-5H3,(H,31,36)/b7-6+/t17?,19-,20+,21-,22-,23+,24?,25?,26?,28?,29+/m0/s1. The summed E-state index contributed by atoms with van der Waals surface area (Å²) < 4.78 is 23.4. The molecule has 0 radical (unpaired) electrons. The van der Waals surface area contributed by atoms with Crippen LogP contribution in [0, 0.1) is 17.8 Å². The Kier molecular flexibility index (Phi) is 12.6. The molecular formula is C29H52N2O10. The van der Waals surface area contributed by atoms with E-state index < -0.39 is 72.7 Å². The van der Waals surface area contributed by atoms with Crippen LogP contribution in [0.5, 0.6) is 0 Å². The fraction of sp³-hybridized carbons (Fsp3) is 0.897. The van der Waals surface area contributed by atoms with Gasteiger partial charge in [0.15, 0.2) is 12.1 Å². The highest BCUT2D eigenvalue weighted by Crippen LogP contribution is 2.38. The maximum Gasteiger partial charge on any atom is 0.228 e. The SMILES string of the molecule is CC(C)/C=C/[C@@H](C[C@@H]1O[C@](O)(C[C@@H](O)C(C)C)C[C@H](O)[C@H]1C(=O)NC1CCOCC1)OC1OC(C)C(O)C(N)C1O. The van der Waals surface area contributed by atoms with Crippen LogP contribution in [-0.2, 0) is 23.7 Å². The summed E-state index contributed by atoms with van der Waals surface area (Å²) in [5.41, 5.74) is 6.01. The van der Waals surface area contributed by atoms with E-state index in [0.717, 1.165) is 0 Å². The molecule has 3 rings (SSSR count). The lowest BCUT2D eigenvalue weighted by atomic mass is 9.81. The molecule has 3 heterocycles. The number of carbonyl (C=O) groups excluding carboxylic acids is 1. The van der Waals surface area contributed by atoms with Gasteiger partial charge in [-0.1, -0.05) is 39.8 Å². The van der Waals surface area contributed by atoms with E-state index in [-0.39, 0.29) is 37.1 Å². The zero-order valence-corrected chi connectivity index (χ0v) is 25.0. The molecule has 0 aliphatic carbocycles. The summed E-state index contributed by atoms with van der Waals surface area (Å²) in [6.07, 6.45) is -3.62. The number of amides is 1. The maximum atomic E-state index is 13.5. The van der Waals surface area contributed by atoms with Crippen LogP contribution < -0.4 is 11.1 Å². The Bertz CT molecular complexity index is 853. The zero-order valence-electron chi connectivity index (χ0n) is 25.0. The van der Waals surface area contributed by atoms with Crippen molar-refractivity contribution in [2.45, 2.75) is 134 Å². The summed E-state index contributed by atoms with van der Waals surface area (Å²) in [7, 11) is 0. The highest BCUT2D eigenvalue weighted by Gasteiger charge is 2.51. The van der Waals surface area contributed by atoms with Crippen LogP contribution in [0.15, 0.2) is 12.2 Å². The lowest BCUT2D eigenvalue weighted by Crippen LogP contribution is -2.62. The minimum Gasteiger partial charge on any atom is -0.393 e. The summed E-state index contributed by atoms with van der Waals surface area (Å²) >= 11 is 0. The number of aliphatic hydroxyl groups is 5. The Balaban J connectivity index is 1.87. The van der Waals surface area contributed by atoms with Crippen LogP contribution in [0.1, 0.15) is 66.7 Å². The number of allylic oxidation sites excluding steroid dienone is 1. The van der Waals surface area contributed by atoms with E-state index >= 15 is 0 Å². The van der Waals surface area contributed by atoms with Crippen LogP contribution in [0.3, 0.4) is 0 Å².